The molecule has 0 saturated carbocycles. The molecular formula is C13H18ClN5. The monoisotopic (exact) mass is 279 g/mol. The van der Waals surface area contributed by atoms with Crippen LogP contribution in [0.1, 0.15) is 19.8 Å². The number of nitrogens with one attached hydrogen (secondary N) is 1. The zero-order valence-corrected chi connectivity index (χ0v) is 11.8. The number of pyridine rings is 1. The highest BCUT2D eigenvalue weighted by atomic mass is 35.5. The number of nitrogens with zero attached hydrogens (tertiary/aromatic N) is 4. The molecule has 2 aromatic rings. The van der Waals surface area contributed by atoms with E-state index in [0.29, 0.717) is 11.1 Å². The van der Waals surface area contributed by atoms with Gasteiger partial charge in [-0.3, -0.25) is 0 Å². The first-order chi connectivity index (χ1) is 9.28. The summed E-state index contributed by atoms with van der Waals surface area (Å²) < 4.78 is 1.75. The van der Waals surface area contributed by atoms with Crippen LogP contribution in [-0.2, 0) is 0 Å². The van der Waals surface area contributed by atoms with E-state index in [2.05, 4.69) is 27.2 Å². The zero-order valence-electron chi connectivity index (χ0n) is 11.0. The van der Waals surface area contributed by atoms with Crippen molar-refractivity contribution in [3.05, 3.63) is 23.4 Å². The third kappa shape index (κ3) is 2.53. The quantitative estimate of drug-likeness (QED) is 0.929. The van der Waals surface area contributed by atoms with Gasteiger partial charge in [-0.05, 0) is 31.5 Å². The molecule has 1 saturated heterocycles. The Morgan fingerprint density at radius 2 is 2.42 bits per heavy atom. The molecule has 0 aliphatic carbocycles. The molecule has 2 aromatic heterocycles. The minimum atomic E-state index is 0.493. The number of halogens is 1. The van der Waals surface area contributed by atoms with Crippen molar-refractivity contribution in [3.63, 3.8) is 0 Å². The van der Waals surface area contributed by atoms with Crippen LogP contribution < -0.4 is 10.2 Å². The molecule has 6 heteroatoms. The molecule has 1 fully saturated rings. The third-order valence-electron chi connectivity index (χ3n) is 3.48. The number of hydrogen-bond acceptors (Lipinski definition) is 4. The summed E-state index contributed by atoms with van der Waals surface area (Å²) in [5.41, 5.74) is 0.839. The van der Waals surface area contributed by atoms with Crippen LogP contribution in [-0.4, -0.2) is 40.3 Å². The minimum absolute atomic E-state index is 0.493. The van der Waals surface area contributed by atoms with Crippen molar-refractivity contribution in [2.45, 2.75) is 25.8 Å². The van der Waals surface area contributed by atoms with E-state index in [-0.39, 0.29) is 0 Å². The predicted octanol–water partition coefficient (Wildman–Crippen LogP) is 1.96. The molecule has 0 bridgehead atoms. The third-order valence-corrected chi connectivity index (χ3v) is 3.70. The van der Waals surface area contributed by atoms with E-state index >= 15 is 0 Å². The second-order valence-corrected chi connectivity index (χ2v) is 5.34. The van der Waals surface area contributed by atoms with Crippen molar-refractivity contribution in [2.24, 2.45) is 0 Å². The molecule has 1 N–H and O–H groups in total. The van der Waals surface area contributed by atoms with Crippen LogP contribution in [0.15, 0.2) is 18.3 Å². The molecule has 0 spiro atoms. The zero-order chi connectivity index (χ0) is 13.2. The van der Waals surface area contributed by atoms with Crippen LogP contribution in [0.3, 0.4) is 0 Å². The number of anilines is 1. The Morgan fingerprint density at radius 1 is 1.53 bits per heavy atom. The normalized spacial score (nSPS) is 19.2. The van der Waals surface area contributed by atoms with Gasteiger partial charge in [0.25, 0.3) is 0 Å². The fourth-order valence-corrected chi connectivity index (χ4v) is 2.72. The molecule has 19 heavy (non-hydrogen) atoms. The van der Waals surface area contributed by atoms with Crippen LogP contribution in [0.2, 0.25) is 5.02 Å². The van der Waals surface area contributed by atoms with Gasteiger partial charge >= 0.3 is 0 Å². The number of fused-ring (bicyclic) bond motifs is 1. The van der Waals surface area contributed by atoms with E-state index in [1.807, 2.05) is 12.1 Å². The molecule has 0 radical (unpaired) electrons. The SMILES string of the molecule is CCCN(c1nc2ccc(Cl)cn2n1)C1CCNC1. The van der Waals surface area contributed by atoms with Gasteiger partial charge in [-0.25, -0.2) is 4.52 Å². The summed E-state index contributed by atoms with van der Waals surface area (Å²) in [6.45, 7) is 5.25. The van der Waals surface area contributed by atoms with Gasteiger partial charge in [0.2, 0.25) is 5.95 Å². The Kier molecular flexibility index (Phi) is 3.57. The van der Waals surface area contributed by atoms with Gasteiger partial charge in [0.05, 0.1) is 5.02 Å². The van der Waals surface area contributed by atoms with Crippen LogP contribution in [0, 0.1) is 0 Å². The van der Waals surface area contributed by atoms with Crippen LogP contribution in [0.25, 0.3) is 5.65 Å². The maximum absolute atomic E-state index is 5.98. The molecule has 0 amide bonds. The first-order valence-corrected chi connectivity index (χ1v) is 7.15. The minimum Gasteiger partial charge on any atom is -0.335 e. The Hall–Kier alpha value is -1.33. The molecular weight excluding hydrogens is 262 g/mol. The molecule has 1 aliphatic heterocycles. The highest BCUT2D eigenvalue weighted by Crippen LogP contribution is 2.19. The lowest BCUT2D eigenvalue weighted by molar-refractivity contribution is 0.609. The van der Waals surface area contributed by atoms with E-state index in [0.717, 1.165) is 44.1 Å². The van der Waals surface area contributed by atoms with Gasteiger partial charge in [0.1, 0.15) is 0 Å². The average Bonchev–Trinajstić information content (AvgIpc) is 3.04. The molecule has 0 aromatic carbocycles. The highest BCUT2D eigenvalue weighted by molar-refractivity contribution is 6.30. The first kappa shape index (κ1) is 12.7. The van der Waals surface area contributed by atoms with Gasteiger partial charge in [-0.1, -0.05) is 18.5 Å². The molecule has 3 heterocycles. The van der Waals surface area contributed by atoms with Gasteiger partial charge in [0, 0.05) is 25.3 Å². The van der Waals surface area contributed by atoms with Gasteiger partial charge in [-0.15, -0.1) is 5.10 Å². The molecule has 5 nitrogen and oxygen atoms in total. The smallest absolute Gasteiger partial charge is 0.245 e. The van der Waals surface area contributed by atoms with Crippen molar-refractivity contribution >= 4 is 23.2 Å². The summed E-state index contributed by atoms with van der Waals surface area (Å²) in [7, 11) is 0. The largest absolute Gasteiger partial charge is 0.335 e. The van der Waals surface area contributed by atoms with Crippen LogP contribution >= 0.6 is 11.6 Å². The summed E-state index contributed by atoms with van der Waals surface area (Å²) in [6.07, 6.45) is 4.04. The van der Waals surface area contributed by atoms with E-state index in [1.54, 1.807) is 10.7 Å². The lowest BCUT2D eigenvalue weighted by Gasteiger charge is -2.26. The fourth-order valence-electron chi connectivity index (χ4n) is 2.56. The van der Waals surface area contributed by atoms with E-state index in [1.165, 1.54) is 0 Å². The Bertz CT molecular complexity index is 561. The van der Waals surface area contributed by atoms with E-state index in [9.17, 15) is 0 Å². The van der Waals surface area contributed by atoms with Gasteiger partial charge < -0.3 is 10.2 Å². The Labute approximate surface area is 117 Å². The average molecular weight is 280 g/mol. The summed E-state index contributed by atoms with van der Waals surface area (Å²) in [4.78, 5) is 6.92. The number of hydrogen-bond donors (Lipinski definition) is 1. The van der Waals surface area contributed by atoms with Gasteiger partial charge in [-0.2, -0.15) is 4.98 Å². The molecule has 1 aliphatic rings. The van der Waals surface area contributed by atoms with Crippen LogP contribution in [0.5, 0.6) is 0 Å². The Morgan fingerprint density at radius 3 is 3.16 bits per heavy atom. The first-order valence-electron chi connectivity index (χ1n) is 6.77. The maximum Gasteiger partial charge on any atom is 0.245 e. The topological polar surface area (TPSA) is 45.5 Å². The summed E-state index contributed by atoms with van der Waals surface area (Å²) in [6, 6.07) is 4.24. The standard InChI is InChI=1S/C13H18ClN5/c1-2-7-18(11-5-6-15-8-11)13-16-12-4-3-10(14)9-19(12)17-13/h3-4,9,11,15H,2,5-8H2,1H3. The van der Waals surface area contributed by atoms with Crippen LogP contribution in [0.4, 0.5) is 5.95 Å². The van der Waals surface area contributed by atoms with Crippen molar-refractivity contribution < 1.29 is 0 Å². The van der Waals surface area contributed by atoms with Crippen molar-refractivity contribution in [1.29, 1.82) is 0 Å². The Balaban J connectivity index is 1.94. The summed E-state index contributed by atoms with van der Waals surface area (Å²) >= 11 is 5.98. The number of aromatic nitrogens is 3. The number of rotatable bonds is 4. The second kappa shape index (κ2) is 5.35. The van der Waals surface area contributed by atoms with Crippen molar-refractivity contribution in [2.75, 3.05) is 24.5 Å². The fraction of sp³-hybridized carbons (Fsp3) is 0.538. The van der Waals surface area contributed by atoms with E-state index in [4.69, 9.17) is 11.6 Å². The summed E-state index contributed by atoms with van der Waals surface area (Å²) in [5, 5.41) is 8.63. The van der Waals surface area contributed by atoms with Gasteiger partial charge in [0.15, 0.2) is 5.65 Å². The predicted molar refractivity (Wildman–Crippen MR) is 76.9 cm³/mol. The van der Waals surface area contributed by atoms with Crippen molar-refractivity contribution in [3.8, 4) is 0 Å². The van der Waals surface area contributed by atoms with Crippen molar-refractivity contribution in [1.82, 2.24) is 19.9 Å². The lowest BCUT2D eigenvalue weighted by Crippen LogP contribution is -2.38. The molecule has 3 rings (SSSR count). The van der Waals surface area contributed by atoms with E-state index < -0.39 is 0 Å². The lowest BCUT2D eigenvalue weighted by atomic mass is 10.2. The maximum atomic E-state index is 5.98. The molecule has 1 atom stereocenters. The second-order valence-electron chi connectivity index (χ2n) is 4.90. The highest BCUT2D eigenvalue weighted by Gasteiger charge is 2.24. The summed E-state index contributed by atoms with van der Waals surface area (Å²) in [5.74, 6) is 0.804. The molecule has 102 valence electrons. The molecule has 1 unspecified atom stereocenters.